The maximum Gasteiger partial charge on any atom is 0.135 e. The molecule has 2 rings (SSSR count). The summed E-state index contributed by atoms with van der Waals surface area (Å²) in [6.45, 7) is 2.18. The molecule has 0 saturated carbocycles. The van der Waals surface area contributed by atoms with Crippen LogP contribution in [0.4, 0.5) is 5.69 Å². The molecule has 0 N–H and O–H groups in total. The van der Waals surface area contributed by atoms with Crippen LogP contribution in [-0.2, 0) is 0 Å². The number of ether oxygens (including phenoxy) is 1. The van der Waals surface area contributed by atoms with E-state index in [2.05, 4.69) is 20.8 Å². The smallest absolute Gasteiger partial charge is 0.135 e. The Morgan fingerprint density at radius 3 is 2.60 bits per heavy atom. The number of nitrogens with zero attached hydrogens (tertiary/aromatic N) is 1. The number of anilines is 1. The van der Waals surface area contributed by atoms with Gasteiger partial charge in [0.2, 0.25) is 0 Å². The Morgan fingerprint density at radius 1 is 1.33 bits per heavy atom. The van der Waals surface area contributed by atoms with E-state index in [0.717, 1.165) is 34.0 Å². The summed E-state index contributed by atoms with van der Waals surface area (Å²) in [6.07, 6.45) is 2.49. The summed E-state index contributed by atoms with van der Waals surface area (Å²) in [5.41, 5.74) is 1.08. The Kier molecular flexibility index (Phi) is 3.42. The molecule has 1 aromatic carbocycles. The highest BCUT2D eigenvalue weighted by Gasteiger charge is 2.17. The van der Waals surface area contributed by atoms with Crippen molar-refractivity contribution in [1.82, 2.24) is 0 Å². The number of methoxy groups -OCH3 is 1. The molecule has 4 heteroatoms. The van der Waals surface area contributed by atoms with Crippen LogP contribution >= 0.6 is 27.5 Å². The van der Waals surface area contributed by atoms with Gasteiger partial charge in [-0.2, -0.15) is 0 Å². The number of rotatable bonds is 2. The molecule has 0 bridgehead atoms. The van der Waals surface area contributed by atoms with E-state index in [0.29, 0.717) is 0 Å². The topological polar surface area (TPSA) is 12.5 Å². The average molecular weight is 291 g/mol. The third-order valence-corrected chi connectivity index (χ3v) is 3.59. The minimum absolute atomic E-state index is 0.782. The van der Waals surface area contributed by atoms with E-state index in [1.807, 2.05) is 12.1 Å². The second kappa shape index (κ2) is 4.62. The van der Waals surface area contributed by atoms with E-state index in [9.17, 15) is 0 Å². The minimum Gasteiger partial charge on any atom is -0.495 e. The molecule has 1 heterocycles. The first-order chi connectivity index (χ1) is 7.22. The van der Waals surface area contributed by atoms with Crippen molar-refractivity contribution in [3.8, 4) is 5.75 Å². The molecule has 0 atom stereocenters. The second-order valence-corrected chi connectivity index (χ2v) is 4.89. The molecular weight excluding hydrogens is 277 g/mol. The molecule has 2 nitrogen and oxygen atoms in total. The van der Waals surface area contributed by atoms with Crippen LogP contribution in [0.2, 0.25) is 5.02 Å². The zero-order chi connectivity index (χ0) is 10.8. The molecule has 82 valence electrons. The lowest BCUT2D eigenvalue weighted by atomic mass is 10.2. The standard InChI is InChI=1S/C11H13BrClNO/c1-15-11-7-10(9(13)6-8(11)12)14-4-2-3-5-14/h6-7H,2-5H2,1H3. The maximum absolute atomic E-state index is 6.21. The fourth-order valence-electron chi connectivity index (χ4n) is 1.88. The molecule has 1 saturated heterocycles. The largest absolute Gasteiger partial charge is 0.495 e. The van der Waals surface area contributed by atoms with Crippen molar-refractivity contribution < 1.29 is 4.74 Å². The van der Waals surface area contributed by atoms with E-state index < -0.39 is 0 Å². The van der Waals surface area contributed by atoms with Gasteiger partial charge in [0, 0.05) is 19.2 Å². The van der Waals surface area contributed by atoms with Crippen molar-refractivity contribution in [2.24, 2.45) is 0 Å². The van der Waals surface area contributed by atoms with Gasteiger partial charge in [-0.15, -0.1) is 0 Å². The van der Waals surface area contributed by atoms with Gasteiger partial charge in [0.05, 0.1) is 22.3 Å². The number of hydrogen-bond donors (Lipinski definition) is 0. The van der Waals surface area contributed by atoms with E-state index in [1.165, 1.54) is 12.8 Å². The van der Waals surface area contributed by atoms with Gasteiger partial charge in [0.25, 0.3) is 0 Å². The Hall–Kier alpha value is -0.410. The van der Waals surface area contributed by atoms with Crippen LogP contribution in [0.15, 0.2) is 16.6 Å². The molecule has 0 amide bonds. The van der Waals surface area contributed by atoms with Crippen LogP contribution in [0.25, 0.3) is 0 Å². The third-order valence-electron chi connectivity index (χ3n) is 2.67. The summed E-state index contributed by atoms with van der Waals surface area (Å²) in [4.78, 5) is 2.30. The maximum atomic E-state index is 6.21. The van der Waals surface area contributed by atoms with Crippen LogP contribution in [0.1, 0.15) is 12.8 Å². The van der Waals surface area contributed by atoms with Crippen molar-refractivity contribution in [2.45, 2.75) is 12.8 Å². The van der Waals surface area contributed by atoms with Crippen molar-refractivity contribution in [3.63, 3.8) is 0 Å². The summed E-state index contributed by atoms with van der Waals surface area (Å²) < 4.78 is 6.17. The first-order valence-corrected chi connectivity index (χ1v) is 6.17. The number of benzene rings is 1. The molecule has 0 unspecified atom stereocenters. The fourth-order valence-corrected chi connectivity index (χ4v) is 2.80. The van der Waals surface area contributed by atoms with Gasteiger partial charge in [-0.25, -0.2) is 0 Å². The van der Waals surface area contributed by atoms with Crippen LogP contribution in [0, 0.1) is 0 Å². The van der Waals surface area contributed by atoms with Crippen LogP contribution in [-0.4, -0.2) is 20.2 Å². The lowest BCUT2D eigenvalue weighted by molar-refractivity contribution is 0.412. The predicted molar refractivity (Wildman–Crippen MR) is 67.2 cm³/mol. The molecule has 1 aliphatic rings. The van der Waals surface area contributed by atoms with Crippen LogP contribution < -0.4 is 9.64 Å². The number of halogens is 2. The Morgan fingerprint density at radius 2 is 2.00 bits per heavy atom. The fraction of sp³-hybridized carbons (Fsp3) is 0.455. The van der Waals surface area contributed by atoms with Gasteiger partial charge >= 0.3 is 0 Å². The SMILES string of the molecule is COc1cc(N2CCCC2)c(Cl)cc1Br. The van der Waals surface area contributed by atoms with Gasteiger partial charge < -0.3 is 9.64 Å². The van der Waals surface area contributed by atoms with Gasteiger partial charge in [-0.1, -0.05) is 11.6 Å². The first kappa shape index (κ1) is 11.1. The predicted octanol–water partition coefficient (Wildman–Crippen LogP) is 3.71. The molecule has 1 aliphatic heterocycles. The summed E-state index contributed by atoms with van der Waals surface area (Å²) in [5, 5.41) is 0.782. The summed E-state index contributed by atoms with van der Waals surface area (Å²) >= 11 is 9.63. The highest BCUT2D eigenvalue weighted by molar-refractivity contribution is 9.10. The van der Waals surface area contributed by atoms with E-state index in [1.54, 1.807) is 7.11 Å². The second-order valence-electron chi connectivity index (χ2n) is 3.63. The van der Waals surface area contributed by atoms with Gasteiger partial charge in [-0.05, 0) is 34.8 Å². The monoisotopic (exact) mass is 289 g/mol. The van der Waals surface area contributed by atoms with Crippen molar-refractivity contribution in [2.75, 3.05) is 25.1 Å². The molecule has 1 aromatic rings. The van der Waals surface area contributed by atoms with Gasteiger partial charge in [0.1, 0.15) is 5.75 Å². The highest BCUT2D eigenvalue weighted by Crippen LogP contribution is 2.37. The molecule has 15 heavy (non-hydrogen) atoms. The van der Waals surface area contributed by atoms with Crippen molar-refractivity contribution in [3.05, 3.63) is 21.6 Å². The normalized spacial score (nSPS) is 15.8. The van der Waals surface area contributed by atoms with Gasteiger partial charge in [0.15, 0.2) is 0 Å². The third kappa shape index (κ3) is 2.23. The van der Waals surface area contributed by atoms with Crippen LogP contribution in [0.5, 0.6) is 5.75 Å². The molecular formula is C11H13BrClNO. The zero-order valence-electron chi connectivity index (χ0n) is 8.59. The Bertz CT molecular complexity index is 364. The zero-order valence-corrected chi connectivity index (χ0v) is 10.9. The Labute approximate surface area is 103 Å². The molecule has 1 fully saturated rings. The molecule has 0 radical (unpaired) electrons. The van der Waals surface area contributed by atoms with E-state index in [-0.39, 0.29) is 0 Å². The summed E-state index contributed by atoms with van der Waals surface area (Å²) in [7, 11) is 1.67. The summed E-state index contributed by atoms with van der Waals surface area (Å²) in [6, 6.07) is 3.89. The van der Waals surface area contributed by atoms with Crippen molar-refractivity contribution >= 4 is 33.2 Å². The van der Waals surface area contributed by atoms with Crippen LogP contribution in [0.3, 0.4) is 0 Å². The molecule has 0 spiro atoms. The quantitative estimate of drug-likeness (QED) is 0.823. The Balaban J connectivity index is 2.37. The first-order valence-electron chi connectivity index (χ1n) is 5.00. The van der Waals surface area contributed by atoms with Crippen molar-refractivity contribution in [1.29, 1.82) is 0 Å². The lowest BCUT2D eigenvalue weighted by Gasteiger charge is -2.20. The number of hydrogen-bond acceptors (Lipinski definition) is 2. The highest BCUT2D eigenvalue weighted by atomic mass is 79.9. The molecule has 0 aromatic heterocycles. The van der Waals surface area contributed by atoms with Gasteiger partial charge in [-0.3, -0.25) is 0 Å². The van der Waals surface area contributed by atoms with E-state index >= 15 is 0 Å². The average Bonchev–Trinajstić information content (AvgIpc) is 2.71. The van der Waals surface area contributed by atoms with E-state index in [4.69, 9.17) is 16.3 Å². The minimum atomic E-state index is 0.782. The summed E-state index contributed by atoms with van der Waals surface area (Å²) in [5.74, 6) is 0.835. The molecule has 0 aliphatic carbocycles. The lowest BCUT2D eigenvalue weighted by Crippen LogP contribution is -2.18.